The number of carbonyl (C=O) groups excluding carboxylic acids is 1. The SMILES string of the molecule is O=CC1CCC(CN2CC(F)C2)CC1. The summed E-state index contributed by atoms with van der Waals surface area (Å²) >= 11 is 0. The van der Waals surface area contributed by atoms with E-state index >= 15 is 0 Å². The van der Waals surface area contributed by atoms with E-state index in [-0.39, 0.29) is 0 Å². The highest BCUT2D eigenvalue weighted by Gasteiger charge is 2.29. The lowest BCUT2D eigenvalue weighted by Crippen LogP contribution is -2.50. The van der Waals surface area contributed by atoms with E-state index < -0.39 is 6.17 Å². The molecule has 0 amide bonds. The van der Waals surface area contributed by atoms with Crippen molar-refractivity contribution in [1.29, 1.82) is 0 Å². The third-order valence-electron chi connectivity index (χ3n) is 3.51. The van der Waals surface area contributed by atoms with Gasteiger partial charge in [-0.25, -0.2) is 4.39 Å². The second-order valence-corrected chi connectivity index (χ2v) is 4.73. The lowest BCUT2D eigenvalue weighted by atomic mass is 9.82. The number of likely N-dealkylation sites (tertiary alicyclic amines) is 1. The Labute approximate surface area is 84.5 Å². The van der Waals surface area contributed by atoms with Crippen LogP contribution in [-0.4, -0.2) is 37.0 Å². The number of carbonyl (C=O) groups is 1. The monoisotopic (exact) mass is 199 g/mol. The molecule has 2 nitrogen and oxygen atoms in total. The first kappa shape index (κ1) is 10.1. The Balaban J connectivity index is 1.66. The summed E-state index contributed by atoms with van der Waals surface area (Å²) < 4.78 is 12.6. The van der Waals surface area contributed by atoms with Gasteiger partial charge >= 0.3 is 0 Å². The van der Waals surface area contributed by atoms with Gasteiger partial charge in [-0.1, -0.05) is 0 Å². The molecule has 14 heavy (non-hydrogen) atoms. The maximum absolute atomic E-state index is 12.6. The van der Waals surface area contributed by atoms with Gasteiger partial charge in [0.25, 0.3) is 0 Å². The van der Waals surface area contributed by atoms with Gasteiger partial charge in [0.2, 0.25) is 0 Å². The molecule has 0 aromatic heterocycles. The third-order valence-corrected chi connectivity index (χ3v) is 3.51. The molecule has 0 N–H and O–H groups in total. The molecular weight excluding hydrogens is 181 g/mol. The van der Waals surface area contributed by atoms with Crippen LogP contribution in [0.15, 0.2) is 0 Å². The minimum Gasteiger partial charge on any atom is -0.303 e. The molecule has 2 rings (SSSR count). The number of alkyl halides is 1. The number of aldehydes is 1. The highest BCUT2D eigenvalue weighted by atomic mass is 19.1. The zero-order valence-corrected chi connectivity index (χ0v) is 8.49. The summed E-state index contributed by atoms with van der Waals surface area (Å²) in [5.41, 5.74) is 0. The van der Waals surface area contributed by atoms with Crippen LogP contribution in [0.4, 0.5) is 4.39 Å². The summed E-state index contributed by atoms with van der Waals surface area (Å²) in [4.78, 5) is 12.7. The number of hydrogen-bond donors (Lipinski definition) is 0. The molecule has 0 aromatic rings. The highest BCUT2D eigenvalue weighted by Crippen LogP contribution is 2.29. The summed E-state index contributed by atoms with van der Waals surface area (Å²) in [6, 6.07) is 0. The van der Waals surface area contributed by atoms with Gasteiger partial charge in [-0.05, 0) is 31.6 Å². The molecular formula is C11H18FNO. The van der Waals surface area contributed by atoms with E-state index in [0.717, 1.165) is 38.5 Å². The zero-order valence-electron chi connectivity index (χ0n) is 8.49. The minimum absolute atomic E-state index is 0.302. The van der Waals surface area contributed by atoms with Gasteiger partial charge < -0.3 is 4.79 Å². The van der Waals surface area contributed by atoms with Crippen molar-refractivity contribution in [1.82, 2.24) is 4.90 Å². The zero-order chi connectivity index (χ0) is 9.97. The maximum Gasteiger partial charge on any atom is 0.125 e. The predicted octanol–water partition coefficient (Wildman–Crippen LogP) is 1.65. The van der Waals surface area contributed by atoms with E-state index in [1.807, 2.05) is 0 Å². The maximum atomic E-state index is 12.6. The molecule has 1 aliphatic heterocycles. The number of rotatable bonds is 3. The van der Waals surface area contributed by atoms with Gasteiger partial charge in [-0.3, -0.25) is 4.90 Å². The second kappa shape index (κ2) is 4.39. The normalized spacial score (nSPS) is 35.2. The molecule has 80 valence electrons. The van der Waals surface area contributed by atoms with Gasteiger partial charge in [0.15, 0.2) is 0 Å². The largest absolute Gasteiger partial charge is 0.303 e. The molecule has 1 heterocycles. The van der Waals surface area contributed by atoms with Crippen LogP contribution in [0.1, 0.15) is 25.7 Å². The van der Waals surface area contributed by atoms with Gasteiger partial charge in [0.05, 0.1) is 0 Å². The van der Waals surface area contributed by atoms with Crippen LogP contribution >= 0.6 is 0 Å². The molecule has 0 radical (unpaired) electrons. The van der Waals surface area contributed by atoms with Gasteiger partial charge in [0, 0.05) is 25.6 Å². The Morgan fingerprint density at radius 1 is 1.21 bits per heavy atom. The van der Waals surface area contributed by atoms with Crippen molar-refractivity contribution >= 4 is 6.29 Å². The lowest BCUT2D eigenvalue weighted by molar-refractivity contribution is -0.112. The Morgan fingerprint density at radius 3 is 2.36 bits per heavy atom. The van der Waals surface area contributed by atoms with Gasteiger partial charge in [-0.2, -0.15) is 0 Å². The van der Waals surface area contributed by atoms with Crippen LogP contribution in [0.2, 0.25) is 0 Å². The fourth-order valence-corrected chi connectivity index (χ4v) is 2.53. The van der Waals surface area contributed by atoms with Crippen LogP contribution in [-0.2, 0) is 4.79 Å². The van der Waals surface area contributed by atoms with Crippen molar-refractivity contribution in [2.24, 2.45) is 11.8 Å². The predicted molar refractivity (Wildman–Crippen MR) is 52.8 cm³/mol. The van der Waals surface area contributed by atoms with Crippen LogP contribution < -0.4 is 0 Å². The van der Waals surface area contributed by atoms with E-state index in [1.54, 1.807) is 0 Å². The summed E-state index contributed by atoms with van der Waals surface area (Å²) in [5, 5.41) is 0. The van der Waals surface area contributed by atoms with Crippen molar-refractivity contribution in [3.63, 3.8) is 0 Å². The van der Waals surface area contributed by atoms with Crippen LogP contribution in [0.3, 0.4) is 0 Å². The van der Waals surface area contributed by atoms with Crippen molar-refractivity contribution in [2.45, 2.75) is 31.9 Å². The minimum atomic E-state index is -0.582. The van der Waals surface area contributed by atoms with Gasteiger partial charge in [-0.15, -0.1) is 0 Å². The Morgan fingerprint density at radius 2 is 1.86 bits per heavy atom. The Bertz CT molecular complexity index is 195. The van der Waals surface area contributed by atoms with Crippen molar-refractivity contribution in [3.8, 4) is 0 Å². The number of hydrogen-bond acceptors (Lipinski definition) is 2. The first-order valence-corrected chi connectivity index (χ1v) is 5.59. The van der Waals surface area contributed by atoms with Crippen LogP contribution in [0.25, 0.3) is 0 Å². The molecule has 0 unspecified atom stereocenters. The van der Waals surface area contributed by atoms with Crippen LogP contribution in [0.5, 0.6) is 0 Å². The molecule has 2 fully saturated rings. The van der Waals surface area contributed by atoms with Crippen LogP contribution in [0, 0.1) is 11.8 Å². The molecule has 1 saturated heterocycles. The molecule has 0 aromatic carbocycles. The quantitative estimate of drug-likeness (QED) is 0.644. The lowest BCUT2D eigenvalue weighted by Gasteiger charge is -2.38. The third kappa shape index (κ3) is 2.32. The summed E-state index contributed by atoms with van der Waals surface area (Å²) in [5.74, 6) is 1.01. The van der Waals surface area contributed by atoms with E-state index in [1.165, 1.54) is 0 Å². The molecule has 1 aliphatic carbocycles. The smallest absolute Gasteiger partial charge is 0.125 e. The van der Waals surface area contributed by atoms with Crippen molar-refractivity contribution in [2.75, 3.05) is 19.6 Å². The molecule has 0 atom stereocenters. The highest BCUT2D eigenvalue weighted by molar-refractivity contribution is 5.53. The topological polar surface area (TPSA) is 20.3 Å². The molecule has 0 bridgehead atoms. The summed E-state index contributed by atoms with van der Waals surface area (Å²) in [6.45, 7) is 2.31. The molecule has 2 aliphatic rings. The van der Waals surface area contributed by atoms with Crippen molar-refractivity contribution in [3.05, 3.63) is 0 Å². The molecule has 3 heteroatoms. The van der Waals surface area contributed by atoms with Crippen molar-refractivity contribution < 1.29 is 9.18 Å². The van der Waals surface area contributed by atoms with Gasteiger partial charge in [0.1, 0.15) is 12.5 Å². The van der Waals surface area contributed by atoms with E-state index in [0.29, 0.717) is 24.9 Å². The fourth-order valence-electron chi connectivity index (χ4n) is 2.53. The fraction of sp³-hybridized carbons (Fsp3) is 0.909. The molecule has 1 saturated carbocycles. The molecule has 0 spiro atoms. The summed E-state index contributed by atoms with van der Waals surface area (Å²) in [6.07, 6.45) is 4.90. The average Bonchev–Trinajstić information content (AvgIpc) is 2.17. The van der Waals surface area contributed by atoms with E-state index in [4.69, 9.17) is 0 Å². The first-order chi connectivity index (χ1) is 6.78. The average molecular weight is 199 g/mol. The number of nitrogens with zero attached hydrogens (tertiary/aromatic N) is 1. The Kier molecular flexibility index (Phi) is 3.16. The second-order valence-electron chi connectivity index (χ2n) is 4.73. The first-order valence-electron chi connectivity index (χ1n) is 5.59. The number of halogens is 1. The van der Waals surface area contributed by atoms with E-state index in [9.17, 15) is 9.18 Å². The standard InChI is InChI=1S/C11H18FNO/c12-11-6-13(7-11)5-9-1-3-10(8-14)4-2-9/h8-11H,1-7H2. The Hall–Kier alpha value is -0.440. The summed E-state index contributed by atoms with van der Waals surface area (Å²) in [7, 11) is 0. The van der Waals surface area contributed by atoms with E-state index in [2.05, 4.69) is 4.90 Å².